The Labute approximate surface area is 181 Å². The fourth-order valence-corrected chi connectivity index (χ4v) is 3.98. The zero-order valence-electron chi connectivity index (χ0n) is 17.2. The van der Waals surface area contributed by atoms with Crippen LogP contribution in [0.25, 0.3) is 22.2 Å². The average molecular weight is 412 g/mol. The molecule has 0 fully saturated rings. The first kappa shape index (κ1) is 19.2. The van der Waals surface area contributed by atoms with Gasteiger partial charge in [-0.2, -0.15) is 0 Å². The van der Waals surface area contributed by atoms with E-state index in [4.69, 9.17) is 9.47 Å². The minimum absolute atomic E-state index is 0.0358. The Balaban J connectivity index is 1.34. The molecular weight excluding hydrogens is 388 g/mol. The van der Waals surface area contributed by atoms with E-state index in [0.717, 1.165) is 34.6 Å². The predicted octanol–water partition coefficient (Wildman–Crippen LogP) is 5.50. The van der Waals surface area contributed by atoms with Gasteiger partial charge in [-0.05, 0) is 29.8 Å². The van der Waals surface area contributed by atoms with E-state index in [9.17, 15) is 4.79 Å². The number of anilines is 1. The van der Waals surface area contributed by atoms with Gasteiger partial charge >= 0.3 is 0 Å². The molecule has 1 aromatic heterocycles. The summed E-state index contributed by atoms with van der Waals surface area (Å²) in [4.78, 5) is 12.7. The lowest BCUT2D eigenvalue weighted by Gasteiger charge is -2.13. The number of fused-ring (bicyclic) bond motifs is 2. The highest BCUT2D eigenvalue weighted by atomic mass is 16.5. The zero-order valence-corrected chi connectivity index (χ0v) is 17.2. The third-order valence-corrected chi connectivity index (χ3v) is 5.47. The molecule has 0 atom stereocenters. The SMILES string of the molecule is O=C(CCn1c(-c2ccccc2)cc2ccccc21)Nc1ccc2c(c1)OCCCO2. The van der Waals surface area contributed by atoms with E-state index in [2.05, 4.69) is 40.2 Å². The predicted molar refractivity (Wildman–Crippen MR) is 123 cm³/mol. The second-order valence-electron chi connectivity index (χ2n) is 7.62. The molecule has 156 valence electrons. The smallest absolute Gasteiger partial charge is 0.226 e. The lowest BCUT2D eigenvalue weighted by atomic mass is 10.1. The number of nitrogens with one attached hydrogen (secondary N) is 1. The van der Waals surface area contributed by atoms with Gasteiger partial charge < -0.3 is 19.4 Å². The van der Waals surface area contributed by atoms with E-state index in [0.29, 0.717) is 31.9 Å². The fraction of sp³-hybridized carbons (Fsp3) is 0.192. The Morgan fingerprint density at radius 1 is 0.871 bits per heavy atom. The molecule has 5 rings (SSSR count). The maximum absolute atomic E-state index is 12.7. The molecule has 0 spiro atoms. The summed E-state index contributed by atoms with van der Waals surface area (Å²) in [6, 6.07) is 26.3. The first-order chi connectivity index (χ1) is 15.3. The summed E-state index contributed by atoms with van der Waals surface area (Å²) < 4.78 is 13.6. The third kappa shape index (κ3) is 4.12. The lowest BCUT2D eigenvalue weighted by molar-refractivity contribution is -0.116. The van der Waals surface area contributed by atoms with Crippen molar-refractivity contribution >= 4 is 22.5 Å². The lowest BCUT2D eigenvalue weighted by Crippen LogP contribution is -2.15. The molecular formula is C26H24N2O3. The van der Waals surface area contributed by atoms with Crippen LogP contribution in [0.15, 0.2) is 78.9 Å². The van der Waals surface area contributed by atoms with Gasteiger partial charge in [-0.1, -0.05) is 48.5 Å². The van der Waals surface area contributed by atoms with Crippen molar-refractivity contribution in [1.29, 1.82) is 0 Å². The Morgan fingerprint density at radius 3 is 2.52 bits per heavy atom. The second kappa shape index (κ2) is 8.56. The monoisotopic (exact) mass is 412 g/mol. The van der Waals surface area contributed by atoms with Crippen molar-refractivity contribution in [1.82, 2.24) is 4.57 Å². The number of rotatable bonds is 5. The fourth-order valence-electron chi connectivity index (χ4n) is 3.98. The van der Waals surface area contributed by atoms with Crippen LogP contribution in [0.3, 0.4) is 0 Å². The number of hydrogen-bond donors (Lipinski definition) is 1. The molecule has 31 heavy (non-hydrogen) atoms. The van der Waals surface area contributed by atoms with E-state index in [1.807, 2.05) is 48.5 Å². The Hall–Kier alpha value is -3.73. The summed E-state index contributed by atoms with van der Waals surface area (Å²) in [5.74, 6) is 1.37. The molecule has 5 heteroatoms. The minimum Gasteiger partial charge on any atom is -0.490 e. The number of hydrogen-bond acceptors (Lipinski definition) is 3. The van der Waals surface area contributed by atoms with Crippen molar-refractivity contribution in [3.63, 3.8) is 0 Å². The number of aromatic nitrogens is 1. The Morgan fingerprint density at radius 2 is 1.65 bits per heavy atom. The van der Waals surface area contributed by atoms with Crippen LogP contribution in [0.4, 0.5) is 5.69 Å². The normalized spacial score (nSPS) is 13.0. The third-order valence-electron chi connectivity index (χ3n) is 5.47. The standard InChI is InChI=1S/C26H24N2O3/c29-26(27-21-11-12-24-25(18-21)31-16-6-15-30-24)13-14-28-22-10-5-4-9-20(22)17-23(28)19-7-2-1-3-8-19/h1-5,7-12,17-18H,6,13-16H2,(H,27,29). The van der Waals surface area contributed by atoms with Crippen molar-refractivity contribution in [2.75, 3.05) is 18.5 Å². The van der Waals surface area contributed by atoms with Gasteiger partial charge in [0.15, 0.2) is 11.5 Å². The number of carbonyl (C=O) groups is 1. The second-order valence-corrected chi connectivity index (χ2v) is 7.62. The Bertz CT molecular complexity index is 1210. The summed E-state index contributed by atoms with van der Waals surface area (Å²) in [5.41, 5.74) is 4.10. The number of para-hydroxylation sites is 1. The summed E-state index contributed by atoms with van der Waals surface area (Å²) in [6.07, 6.45) is 1.22. The Kier molecular flexibility index (Phi) is 5.31. The van der Waals surface area contributed by atoms with Crippen LogP contribution in [0.5, 0.6) is 11.5 Å². The first-order valence-corrected chi connectivity index (χ1v) is 10.6. The molecule has 5 nitrogen and oxygen atoms in total. The van der Waals surface area contributed by atoms with Gasteiger partial charge in [0, 0.05) is 47.7 Å². The number of benzene rings is 3. The van der Waals surface area contributed by atoms with Crippen LogP contribution >= 0.6 is 0 Å². The topological polar surface area (TPSA) is 52.5 Å². The van der Waals surface area contributed by atoms with Gasteiger partial charge in [-0.3, -0.25) is 4.79 Å². The highest BCUT2D eigenvalue weighted by Gasteiger charge is 2.14. The largest absolute Gasteiger partial charge is 0.490 e. The quantitative estimate of drug-likeness (QED) is 0.471. The van der Waals surface area contributed by atoms with Crippen LogP contribution in [0, 0.1) is 0 Å². The van der Waals surface area contributed by atoms with Crippen molar-refractivity contribution in [2.45, 2.75) is 19.4 Å². The number of nitrogens with zero attached hydrogens (tertiary/aromatic N) is 1. The molecule has 1 aliphatic heterocycles. The molecule has 0 saturated carbocycles. The van der Waals surface area contributed by atoms with Crippen LogP contribution in [0.2, 0.25) is 0 Å². The van der Waals surface area contributed by atoms with Gasteiger partial charge in [0.1, 0.15) is 0 Å². The van der Waals surface area contributed by atoms with Crippen molar-refractivity contribution in [2.24, 2.45) is 0 Å². The highest BCUT2D eigenvalue weighted by Crippen LogP contribution is 2.32. The number of ether oxygens (including phenoxy) is 2. The van der Waals surface area contributed by atoms with Gasteiger partial charge in [0.2, 0.25) is 5.91 Å². The van der Waals surface area contributed by atoms with Crippen LogP contribution in [-0.2, 0) is 11.3 Å². The number of carbonyl (C=O) groups excluding carboxylic acids is 1. The molecule has 3 aromatic carbocycles. The molecule has 0 radical (unpaired) electrons. The van der Waals surface area contributed by atoms with E-state index in [1.165, 1.54) is 5.39 Å². The average Bonchev–Trinajstić information content (AvgIpc) is 3.01. The highest BCUT2D eigenvalue weighted by molar-refractivity contribution is 5.92. The van der Waals surface area contributed by atoms with Crippen molar-refractivity contribution in [3.8, 4) is 22.8 Å². The zero-order chi connectivity index (χ0) is 21.0. The molecule has 1 N–H and O–H groups in total. The van der Waals surface area contributed by atoms with Crippen LogP contribution in [0.1, 0.15) is 12.8 Å². The van der Waals surface area contributed by atoms with Gasteiger partial charge in [-0.15, -0.1) is 0 Å². The van der Waals surface area contributed by atoms with Crippen molar-refractivity contribution < 1.29 is 14.3 Å². The maximum Gasteiger partial charge on any atom is 0.226 e. The molecule has 2 heterocycles. The van der Waals surface area contributed by atoms with Gasteiger partial charge in [0.05, 0.1) is 13.2 Å². The van der Waals surface area contributed by atoms with E-state index >= 15 is 0 Å². The van der Waals surface area contributed by atoms with Crippen LogP contribution in [-0.4, -0.2) is 23.7 Å². The summed E-state index contributed by atoms with van der Waals surface area (Å²) in [6.45, 7) is 1.86. The molecule has 1 amide bonds. The number of amides is 1. The first-order valence-electron chi connectivity index (χ1n) is 10.6. The van der Waals surface area contributed by atoms with E-state index in [-0.39, 0.29) is 5.91 Å². The molecule has 0 unspecified atom stereocenters. The van der Waals surface area contributed by atoms with Crippen LogP contribution < -0.4 is 14.8 Å². The maximum atomic E-state index is 12.7. The summed E-state index contributed by atoms with van der Waals surface area (Å²) in [7, 11) is 0. The molecule has 0 saturated heterocycles. The molecule has 4 aromatic rings. The summed E-state index contributed by atoms with van der Waals surface area (Å²) >= 11 is 0. The van der Waals surface area contributed by atoms with Gasteiger partial charge in [0.25, 0.3) is 0 Å². The van der Waals surface area contributed by atoms with E-state index in [1.54, 1.807) is 0 Å². The van der Waals surface area contributed by atoms with Gasteiger partial charge in [-0.25, -0.2) is 0 Å². The minimum atomic E-state index is -0.0358. The molecule has 0 bridgehead atoms. The molecule has 0 aliphatic carbocycles. The number of aryl methyl sites for hydroxylation is 1. The molecule has 1 aliphatic rings. The summed E-state index contributed by atoms with van der Waals surface area (Å²) in [5, 5.41) is 4.17. The van der Waals surface area contributed by atoms with Crippen molar-refractivity contribution in [3.05, 3.63) is 78.9 Å². The van der Waals surface area contributed by atoms with E-state index < -0.39 is 0 Å².